The number of aliphatic hydroxyl groups is 2. The van der Waals surface area contributed by atoms with Crippen molar-refractivity contribution in [1.29, 1.82) is 0 Å². The molecule has 3 N–H and O–H groups in total. The first-order valence-corrected chi connectivity index (χ1v) is 2.68. The lowest BCUT2D eigenvalue weighted by Gasteiger charge is -2.14. The van der Waals surface area contributed by atoms with Gasteiger partial charge in [-0.05, 0) is 0 Å². The van der Waals surface area contributed by atoms with Gasteiger partial charge in [0.05, 0.1) is 6.61 Å². The predicted octanol–water partition coefficient (Wildman–Crippen LogP) is -1.56. The van der Waals surface area contributed by atoms with Gasteiger partial charge in [0.2, 0.25) is 0 Å². The molecular weight excluding hydrogens is 140 g/mol. The van der Waals surface area contributed by atoms with Crippen molar-refractivity contribution in [3.05, 3.63) is 0 Å². The number of rotatable bonds is 4. The average Bonchev–Trinajstić information content (AvgIpc) is 1.88. The minimum atomic E-state index is -1.36. The Labute approximate surface area is 57.9 Å². The third-order valence-corrected chi connectivity index (χ3v) is 1.03. The molecule has 0 saturated heterocycles. The molecule has 60 valence electrons. The molecule has 0 saturated carbocycles. The topological polar surface area (TPSA) is 87.0 Å². The quantitative estimate of drug-likeness (QED) is 0.451. The van der Waals surface area contributed by atoms with Crippen LogP contribution in [0.2, 0.25) is 0 Å². The summed E-state index contributed by atoms with van der Waals surface area (Å²) in [5.41, 5.74) is 0. The van der Waals surface area contributed by atoms with Gasteiger partial charge in [-0.3, -0.25) is 0 Å². The Balaban J connectivity index is 3.92. The molecule has 0 rings (SSSR count). The zero-order chi connectivity index (χ0) is 8.15. The predicted molar refractivity (Wildman–Crippen MR) is 31.5 cm³/mol. The number of hydrogen-bond acceptors (Lipinski definition) is 4. The summed E-state index contributed by atoms with van der Waals surface area (Å²) < 4.78 is 4.35. The maximum Gasteiger partial charge on any atom is 0.335 e. The lowest BCUT2D eigenvalue weighted by Crippen LogP contribution is -2.37. The van der Waals surface area contributed by atoms with Gasteiger partial charge in [-0.15, -0.1) is 0 Å². The number of aliphatic carboxylic acids is 1. The first kappa shape index (κ1) is 9.35. The van der Waals surface area contributed by atoms with Gasteiger partial charge in [-0.25, -0.2) is 4.79 Å². The molecule has 10 heavy (non-hydrogen) atoms. The lowest BCUT2D eigenvalue weighted by molar-refractivity contribution is -0.157. The number of ether oxygens (including phenoxy) is 1. The van der Waals surface area contributed by atoms with Gasteiger partial charge in [0.15, 0.2) is 6.10 Å². The molecule has 0 aromatic rings. The maximum absolute atomic E-state index is 10.1. The van der Waals surface area contributed by atoms with Gasteiger partial charge in [0.1, 0.15) is 6.10 Å². The molecular formula is C5H10O5. The number of hydrogen-bond donors (Lipinski definition) is 3. The van der Waals surface area contributed by atoms with E-state index < -0.39 is 24.8 Å². The fourth-order valence-electron chi connectivity index (χ4n) is 0.518. The normalized spacial score (nSPS) is 16.3. The highest BCUT2D eigenvalue weighted by Gasteiger charge is 2.24. The molecule has 0 aromatic heterocycles. The molecule has 0 fully saturated rings. The Hall–Kier alpha value is -0.650. The molecule has 5 nitrogen and oxygen atoms in total. The van der Waals surface area contributed by atoms with Gasteiger partial charge in [-0.2, -0.15) is 0 Å². The van der Waals surface area contributed by atoms with Crippen molar-refractivity contribution in [2.24, 2.45) is 0 Å². The monoisotopic (exact) mass is 150 g/mol. The second-order valence-corrected chi connectivity index (χ2v) is 1.74. The third kappa shape index (κ3) is 2.30. The molecule has 2 unspecified atom stereocenters. The van der Waals surface area contributed by atoms with Crippen LogP contribution in [0.3, 0.4) is 0 Å². The Kier molecular flexibility index (Phi) is 3.94. The number of aliphatic hydroxyl groups excluding tert-OH is 2. The van der Waals surface area contributed by atoms with Gasteiger partial charge >= 0.3 is 5.97 Å². The highest BCUT2D eigenvalue weighted by atomic mass is 16.5. The Bertz CT molecular complexity index is 113. The highest BCUT2D eigenvalue weighted by Crippen LogP contribution is 1.96. The van der Waals surface area contributed by atoms with Gasteiger partial charge < -0.3 is 20.1 Å². The first-order valence-electron chi connectivity index (χ1n) is 2.68. The molecule has 0 amide bonds. The molecule has 0 radical (unpaired) electrons. The van der Waals surface area contributed by atoms with Crippen molar-refractivity contribution in [1.82, 2.24) is 0 Å². The standard InChI is InChI=1S/C5H10O5/c1-10-4(5(8)9)3(7)2-6/h3-4,6-7H,2H2,1H3,(H,8,9). The molecule has 0 aromatic carbocycles. The first-order chi connectivity index (χ1) is 4.63. The van der Waals surface area contributed by atoms with Crippen LogP contribution in [-0.4, -0.2) is 47.2 Å². The summed E-state index contributed by atoms with van der Waals surface area (Å²) in [6, 6.07) is 0. The summed E-state index contributed by atoms with van der Waals surface area (Å²) in [6.45, 7) is -0.620. The largest absolute Gasteiger partial charge is 0.479 e. The SMILES string of the molecule is COC(C(=O)O)C(O)CO. The third-order valence-electron chi connectivity index (χ3n) is 1.03. The molecule has 0 spiro atoms. The zero-order valence-corrected chi connectivity index (χ0v) is 5.52. The molecule has 5 heteroatoms. The minimum Gasteiger partial charge on any atom is -0.479 e. The van der Waals surface area contributed by atoms with E-state index in [-0.39, 0.29) is 0 Å². The maximum atomic E-state index is 10.1. The van der Waals surface area contributed by atoms with E-state index in [0.717, 1.165) is 7.11 Å². The summed E-state index contributed by atoms with van der Waals surface area (Å²) in [5.74, 6) is -1.29. The van der Waals surface area contributed by atoms with Gasteiger partial charge in [-0.1, -0.05) is 0 Å². The summed E-state index contributed by atoms with van der Waals surface area (Å²) in [7, 11) is 1.15. The van der Waals surface area contributed by atoms with E-state index in [4.69, 9.17) is 15.3 Å². The van der Waals surface area contributed by atoms with Crippen LogP contribution < -0.4 is 0 Å². The van der Waals surface area contributed by atoms with Crippen LogP contribution in [0.15, 0.2) is 0 Å². The van der Waals surface area contributed by atoms with Crippen LogP contribution in [-0.2, 0) is 9.53 Å². The van der Waals surface area contributed by atoms with Crippen LogP contribution in [0.5, 0.6) is 0 Å². The van der Waals surface area contributed by atoms with E-state index in [1.165, 1.54) is 0 Å². The summed E-state index contributed by atoms with van der Waals surface area (Å²) in [5, 5.41) is 25.3. The number of methoxy groups -OCH3 is 1. The van der Waals surface area contributed by atoms with Crippen molar-refractivity contribution in [2.75, 3.05) is 13.7 Å². The van der Waals surface area contributed by atoms with E-state index in [1.807, 2.05) is 0 Å². The van der Waals surface area contributed by atoms with E-state index in [2.05, 4.69) is 4.74 Å². The molecule has 0 aliphatic rings. The minimum absolute atomic E-state index is 0.620. The van der Waals surface area contributed by atoms with Crippen LogP contribution in [0.25, 0.3) is 0 Å². The number of carbonyl (C=O) groups is 1. The van der Waals surface area contributed by atoms with Crippen molar-refractivity contribution in [2.45, 2.75) is 12.2 Å². The highest BCUT2D eigenvalue weighted by molar-refractivity contribution is 5.73. The summed E-state index contributed by atoms with van der Waals surface area (Å²) in [6.07, 6.45) is -2.70. The summed E-state index contributed by atoms with van der Waals surface area (Å²) in [4.78, 5) is 10.1. The average molecular weight is 150 g/mol. The van der Waals surface area contributed by atoms with Gasteiger partial charge in [0, 0.05) is 7.11 Å². The van der Waals surface area contributed by atoms with Crippen LogP contribution >= 0.6 is 0 Å². The second-order valence-electron chi connectivity index (χ2n) is 1.74. The van der Waals surface area contributed by atoms with Crippen LogP contribution in [0, 0.1) is 0 Å². The zero-order valence-electron chi connectivity index (χ0n) is 5.52. The number of carboxylic acid groups (broad SMARTS) is 1. The second kappa shape index (κ2) is 4.21. The van der Waals surface area contributed by atoms with Crippen LogP contribution in [0.1, 0.15) is 0 Å². The van der Waals surface area contributed by atoms with E-state index in [1.54, 1.807) is 0 Å². The molecule has 2 atom stereocenters. The summed E-state index contributed by atoms with van der Waals surface area (Å²) >= 11 is 0. The van der Waals surface area contributed by atoms with Crippen molar-refractivity contribution >= 4 is 5.97 Å². The van der Waals surface area contributed by atoms with Crippen molar-refractivity contribution < 1.29 is 24.9 Å². The molecule has 0 bridgehead atoms. The Morgan fingerprint density at radius 1 is 1.70 bits per heavy atom. The van der Waals surface area contributed by atoms with Crippen molar-refractivity contribution in [3.63, 3.8) is 0 Å². The fourth-order valence-corrected chi connectivity index (χ4v) is 0.518. The Morgan fingerprint density at radius 2 is 2.20 bits per heavy atom. The molecule has 0 aliphatic heterocycles. The lowest BCUT2D eigenvalue weighted by atomic mass is 10.2. The molecule has 0 aliphatic carbocycles. The molecule has 0 heterocycles. The van der Waals surface area contributed by atoms with E-state index >= 15 is 0 Å². The van der Waals surface area contributed by atoms with E-state index in [9.17, 15) is 4.79 Å². The van der Waals surface area contributed by atoms with Gasteiger partial charge in [0.25, 0.3) is 0 Å². The smallest absolute Gasteiger partial charge is 0.335 e. The Morgan fingerprint density at radius 3 is 2.30 bits per heavy atom. The fraction of sp³-hybridized carbons (Fsp3) is 0.800. The van der Waals surface area contributed by atoms with Crippen molar-refractivity contribution in [3.8, 4) is 0 Å². The van der Waals surface area contributed by atoms with E-state index in [0.29, 0.717) is 0 Å². The van der Waals surface area contributed by atoms with Crippen LogP contribution in [0.4, 0.5) is 0 Å². The number of carboxylic acids is 1.